The van der Waals surface area contributed by atoms with E-state index in [1.54, 1.807) is 5.57 Å². The van der Waals surface area contributed by atoms with Crippen LogP contribution in [0.25, 0.3) is 0 Å². The van der Waals surface area contributed by atoms with Gasteiger partial charge < -0.3 is 10.0 Å². The Balaban J connectivity index is 1.95. The van der Waals surface area contributed by atoms with Crippen molar-refractivity contribution in [2.24, 2.45) is 5.92 Å². The maximum Gasteiger partial charge on any atom is 0.0609 e. The molecule has 0 spiro atoms. The molecule has 0 aliphatic heterocycles. The van der Waals surface area contributed by atoms with E-state index in [0.29, 0.717) is 5.92 Å². The van der Waals surface area contributed by atoms with Crippen molar-refractivity contribution in [1.29, 1.82) is 0 Å². The first-order valence-electron chi connectivity index (χ1n) is 6.34. The molecule has 1 N–H and O–H groups in total. The number of aliphatic hydroxyl groups excluding tert-OH is 1. The Morgan fingerprint density at radius 2 is 1.81 bits per heavy atom. The highest BCUT2D eigenvalue weighted by atomic mass is 16.3. The summed E-state index contributed by atoms with van der Waals surface area (Å²) in [5.41, 5.74) is 3.12. The van der Waals surface area contributed by atoms with E-state index in [9.17, 15) is 5.11 Å². The third-order valence-corrected chi connectivity index (χ3v) is 3.85. The van der Waals surface area contributed by atoms with Crippen molar-refractivity contribution in [1.82, 2.24) is 4.90 Å². The molecule has 2 aliphatic rings. The summed E-state index contributed by atoms with van der Waals surface area (Å²) in [6, 6.07) is 0. The molecule has 2 atom stereocenters. The van der Waals surface area contributed by atoms with Crippen LogP contribution in [0.5, 0.6) is 0 Å². The fraction of sp³-hybridized carbons (Fsp3) is 0.714. The Hall–Kier alpha value is -0.600. The predicted octanol–water partition coefficient (Wildman–Crippen LogP) is 2.36. The van der Waals surface area contributed by atoms with Crippen LogP contribution in [0, 0.1) is 5.92 Å². The molecule has 2 nitrogen and oxygen atoms in total. The van der Waals surface area contributed by atoms with Gasteiger partial charge in [-0.15, -0.1) is 0 Å². The molecule has 90 valence electrons. The molecule has 0 radical (unpaired) electrons. The highest BCUT2D eigenvalue weighted by molar-refractivity contribution is 5.27. The van der Waals surface area contributed by atoms with Crippen molar-refractivity contribution in [3.8, 4) is 0 Å². The van der Waals surface area contributed by atoms with Gasteiger partial charge in [-0.25, -0.2) is 0 Å². The number of allylic oxidation sites excluding steroid dienone is 3. The van der Waals surface area contributed by atoms with Gasteiger partial charge in [-0.05, 0) is 58.7 Å². The van der Waals surface area contributed by atoms with Crippen LogP contribution in [-0.4, -0.2) is 36.8 Å². The Morgan fingerprint density at radius 3 is 2.44 bits per heavy atom. The van der Waals surface area contributed by atoms with Crippen molar-refractivity contribution >= 4 is 0 Å². The maximum absolute atomic E-state index is 10.1. The van der Waals surface area contributed by atoms with E-state index >= 15 is 0 Å². The summed E-state index contributed by atoms with van der Waals surface area (Å²) in [5.74, 6) is 0.479. The molecule has 0 aromatic heterocycles. The van der Waals surface area contributed by atoms with E-state index in [-0.39, 0.29) is 6.10 Å². The molecule has 0 saturated heterocycles. The molecule has 0 fully saturated rings. The Morgan fingerprint density at radius 1 is 1.19 bits per heavy atom. The molecule has 0 saturated carbocycles. The Bertz CT molecular complexity index is 304. The fourth-order valence-electron chi connectivity index (χ4n) is 2.79. The van der Waals surface area contributed by atoms with Gasteiger partial charge in [0.2, 0.25) is 0 Å². The van der Waals surface area contributed by atoms with Crippen LogP contribution in [0.3, 0.4) is 0 Å². The zero-order chi connectivity index (χ0) is 11.5. The van der Waals surface area contributed by atoms with Crippen LogP contribution in [0.2, 0.25) is 0 Å². The van der Waals surface area contributed by atoms with Gasteiger partial charge >= 0.3 is 0 Å². The Kier molecular flexibility index (Phi) is 3.82. The first kappa shape index (κ1) is 11.9. The molecule has 0 aromatic rings. The van der Waals surface area contributed by atoms with E-state index in [1.165, 1.54) is 5.57 Å². The van der Waals surface area contributed by atoms with Crippen molar-refractivity contribution < 1.29 is 5.11 Å². The van der Waals surface area contributed by atoms with E-state index in [1.807, 2.05) is 0 Å². The van der Waals surface area contributed by atoms with Crippen LogP contribution >= 0.6 is 0 Å². The minimum absolute atomic E-state index is 0.106. The number of aliphatic hydroxyl groups is 1. The lowest BCUT2D eigenvalue weighted by atomic mass is 9.76. The standard InChI is InChI=1S/C14H23NO/c1-15(2)8-7-13-9-11-5-3-4-6-12(11)10-14(13)16/h3-4,13-14,16H,5-10H2,1-2H3/t13-,14-/m0/s1. The van der Waals surface area contributed by atoms with Crippen molar-refractivity contribution in [3.63, 3.8) is 0 Å². The molecule has 0 heterocycles. The molecule has 0 bridgehead atoms. The lowest BCUT2D eigenvalue weighted by Gasteiger charge is -2.33. The second-order valence-electron chi connectivity index (χ2n) is 5.41. The highest BCUT2D eigenvalue weighted by Crippen LogP contribution is 2.37. The molecule has 2 rings (SSSR count). The summed E-state index contributed by atoms with van der Waals surface area (Å²) in [7, 11) is 4.20. The molecular weight excluding hydrogens is 198 g/mol. The normalized spacial score (nSPS) is 29.8. The smallest absolute Gasteiger partial charge is 0.0609 e. The number of nitrogens with zero attached hydrogens (tertiary/aromatic N) is 1. The molecule has 16 heavy (non-hydrogen) atoms. The zero-order valence-electron chi connectivity index (χ0n) is 10.4. The van der Waals surface area contributed by atoms with E-state index < -0.39 is 0 Å². The third-order valence-electron chi connectivity index (χ3n) is 3.85. The van der Waals surface area contributed by atoms with Crippen LogP contribution in [-0.2, 0) is 0 Å². The lowest BCUT2D eigenvalue weighted by molar-refractivity contribution is 0.0886. The summed E-state index contributed by atoms with van der Waals surface area (Å²) in [4.78, 5) is 2.21. The summed E-state index contributed by atoms with van der Waals surface area (Å²) in [6.07, 6.45) is 9.77. The molecule has 2 heteroatoms. The predicted molar refractivity (Wildman–Crippen MR) is 67.3 cm³/mol. The maximum atomic E-state index is 10.1. The average molecular weight is 221 g/mol. The second-order valence-corrected chi connectivity index (χ2v) is 5.41. The first-order valence-corrected chi connectivity index (χ1v) is 6.34. The van der Waals surface area contributed by atoms with Gasteiger partial charge in [0.15, 0.2) is 0 Å². The minimum atomic E-state index is -0.106. The first-order chi connectivity index (χ1) is 7.66. The summed E-state index contributed by atoms with van der Waals surface area (Å²) in [6.45, 7) is 1.08. The van der Waals surface area contributed by atoms with Crippen molar-refractivity contribution in [2.75, 3.05) is 20.6 Å². The molecule has 0 unspecified atom stereocenters. The molecule has 2 aliphatic carbocycles. The van der Waals surface area contributed by atoms with Crippen molar-refractivity contribution in [3.05, 3.63) is 23.3 Å². The van der Waals surface area contributed by atoms with E-state index in [4.69, 9.17) is 0 Å². The van der Waals surface area contributed by atoms with Gasteiger partial charge in [-0.1, -0.05) is 23.3 Å². The van der Waals surface area contributed by atoms with Crippen LogP contribution in [0.15, 0.2) is 23.3 Å². The topological polar surface area (TPSA) is 23.5 Å². The van der Waals surface area contributed by atoms with Gasteiger partial charge in [-0.3, -0.25) is 0 Å². The zero-order valence-corrected chi connectivity index (χ0v) is 10.4. The van der Waals surface area contributed by atoms with E-state index in [2.05, 4.69) is 31.1 Å². The number of hydrogen-bond acceptors (Lipinski definition) is 2. The van der Waals surface area contributed by atoms with Crippen LogP contribution < -0.4 is 0 Å². The minimum Gasteiger partial charge on any atom is -0.392 e. The Labute approximate surface area is 98.6 Å². The number of hydrogen-bond donors (Lipinski definition) is 1. The van der Waals surface area contributed by atoms with Gasteiger partial charge in [0.1, 0.15) is 0 Å². The second kappa shape index (κ2) is 5.15. The average Bonchev–Trinajstić information content (AvgIpc) is 2.26. The summed E-state index contributed by atoms with van der Waals surface area (Å²) < 4.78 is 0. The summed E-state index contributed by atoms with van der Waals surface area (Å²) in [5, 5.41) is 10.1. The lowest BCUT2D eigenvalue weighted by Crippen LogP contribution is -2.29. The van der Waals surface area contributed by atoms with Gasteiger partial charge in [0.05, 0.1) is 6.10 Å². The van der Waals surface area contributed by atoms with Gasteiger partial charge in [0.25, 0.3) is 0 Å². The number of rotatable bonds is 3. The molecular formula is C14H23NO. The van der Waals surface area contributed by atoms with Gasteiger partial charge in [-0.2, -0.15) is 0 Å². The van der Waals surface area contributed by atoms with E-state index in [0.717, 1.165) is 38.6 Å². The quantitative estimate of drug-likeness (QED) is 0.740. The highest BCUT2D eigenvalue weighted by Gasteiger charge is 2.28. The largest absolute Gasteiger partial charge is 0.392 e. The summed E-state index contributed by atoms with van der Waals surface area (Å²) >= 11 is 0. The third kappa shape index (κ3) is 2.74. The molecule has 0 amide bonds. The van der Waals surface area contributed by atoms with Crippen LogP contribution in [0.4, 0.5) is 0 Å². The van der Waals surface area contributed by atoms with Gasteiger partial charge in [0, 0.05) is 0 Å². The molecule has 0 aromatic carbocycles. The fourth-order valence-corrected chi connectivity index (χ4v) is 2.79. The SMILES string of the molecule is CN(C)CC[C@H]1CC2=C(CC=CC2)C[C@@H]1O. The van der Waals surface area contributed by atoms with Crippen LogP contribution in [0.1, 0.15) is 32.1 Å². The van der Waals surface area contributed by atoms with Crippen molar-refractivity contribution in [2.45, 2.75) is 38.2 Å². The monoisotopic (exact) mass is 221 g/mol.